The summed E-state index contributed by atoms with van der Waals surface area (Å²) < 4.78 is 13.5. The van der Waals surface area contributed by atoms with Gasteiger partial charge in [-0.3, -0.25) is 0 Å². The quantitative estimate of drug-likeness (QED) is 0.414. The highest BCUT2D eigenvalue weighted by molar-refractivity contribution is 5.90. The lowest BCUT2D eigenvalue weighted by Crippen LogP contribution is -2.41. The van der Waals surface area contributed by atoms with Crippen LogP contribution in [0, 0.1) is 17.8 Å². The number of hydrogen-bond acceptors (Lipinski definition) is 6. The second kappa shape index (κ2) is 12.3. The Hall–Kier alpha value is -3.57. The van der Waals surface area contributed by atoms with E-state index in [9.17, 15) is 4.79 Å². The van der Waals surface area contributed by atoms with Crippen LogP contribution in [0.1, 0.15) is 70.3 Å². The van der Waals surface area contributed by atoms with Crippen LogP contribution in [0.4, 0.5) is 10.6 Å². The van der Waals surface area contributed by atoms with Gasteiger partial charge in [0.2, 0.25) is 0 Å². The van der Waals surface area contributed by atoms with E-state index in [4.69, 9.17) is 20.2 Å². The number of hydrogen-bond donors (Lipinski definition) is 1. The highest BCUT2D eigenvalue weighted by atomic mass is 16.6. The van der Waals surface area contributed by atoms with E-state index in [0.717, 1.165) is 60.1 Å². The number of ether oxygens (including phenoxy) is 2. The molecule has 1 aliphatic rings. The number of carbonyl (C=O) groups is 1. The standard InChI is InChI=1S/C30H39N5O3/c1-5-6-12-25-32-26-24(14-13-22-15-17-34(18-16-22)29(36)38-30(2,3)4)19-35(27(26)28(31)33-25)21-37-20-23-10-8-7-9-11-23/h7-11,19,22H,5-6,12,15-18,20-21H2,1-4H3,(H2,31,32,33). The number of nitrogens with two attached hydrogens (primary N) is 1. The monoisotopic (exact) mass is 517 g/mol. The third-order valence-electron chi connectivity index (χ3n) is 6.44. The average Bonchev–Trinajstić information content (AvgIpc) is 3.24. The Morgan fingerprint density at radius 3 is 2.58 bits per heavy atom. The Bertz CT molecular complexity index is 1290. The highest BCUT2D eigenvalue weighted by Gasteiger charge is 2.26. The summed E-state index contributed by atoms with van der Waals surface area (Å²) in [7, 11) is 0. The summed E-state index contributed by atoms with van der Waals surface area (Å²) in [5.74, 6) is 8.19. The van der Waals surface area contributed by atoms with Crippen LogP contribution in [0.5, 0.6) is 0 Å². The number of nitrogens with zero attached hydrogens (tertiary/aromatic N) is 4. The van der Waals surface area contributed by atoms with Gasteiger partial charge in [0.05, 0.1) is 12.2 Å². The molecule has 3 aromatic rings. The predicted molar refractivity (Wildman–Crippen MR) is 149 cm³/mol. The van der Waals surface area contributed by atoms with Gasteiger partial charge in [0.15, 0.2) is 5.82 Å². The minimum absolute atomic E-state index is 0.195. The van der Waals surface area contributed by atoms with E-state index >= 15 is 0 Å². The number of anilines is 1. The molecule has 3 heterocycles. The summed E-state index contributed by atoms with van der Waals surface area (Å²) in [5.41, 5.74) is 9.38. The number of likely N-dealkylation sites (tertiary alicyclic amines) is 1. The molecule has 0 bridgehead atoms. The van der Waals surface area contributed by atoms with E-state index in [1.807, 2.05) is 61.9 Å². The van der Waals surface area contributed by atoms with Gasteiger partial charge in [-0.15, -0.1) is 0 Å². The van der Waals surface area contributed by atoms with Crippen molar-refractivity contribution in [3.8, 4) is 11.8 Å². The van der Waals surface area contributed by atoms with Gasteiger partial charge in [-0.2, -0.15) is 0 Å². The number of aryl methyl sites for hydroxylation is 1. The molecule has 1 fully saturated rings. The third-order valence-corrected chi connectivity index (χ3v) is 6.44. The van der Waals surface area contributed by atoms with Crippen LogP contribution in [-0.2, 0) is 29.2 Å². The van der Waals surface area contributed by atoms with Crippen molar-refractivity contribution in [2.24, 2.45) is 5.92 Å². The van der Waals surface area contributed by atoms with Gasteiger partial charge in [0, 0.05) is 31.6 Å². The van der Waals surface area contributed by atoms with Crippen molar-refractivity contribution >= 4 is 22.9 Å². The molecule has 202 valence electrons. The van der Waals surface area contributed by atoms with Crippen molar-refractivity contribution in [3.63, 3.8) is 0 Å². The SMILES string of the molecule is CCCCc1nc(N)c2c(n1)c(C#CC1CCN(C(=O)OC(C)(C)C)CC1)cn2COCc1ccccc1. The van der Waals surface area contributed by atoms with Crippen molar-refractivity contribution in [2.75, 3.05) is 18.8 Å². The van der Waals surface area contributed by atoms with Gasteiger partial charge >= 0.3 is 6.09 Å². The van der Waals surface area contributed by atoms with Gasteiger partial charge < -0.3 is 24.7 Å². The first-order chi connectivity index (χ1) is 18.2. The summed E-state index contributed by atoms with van der Waals surface area (Å²) >= 11 is 0. The largest absolute Gasteiger partial charge is 0.444 e. The Morgan fingerprint density at radius 2 is 1.89 bits per heavy atom. The summed E-state index contributed by atoms with van der Waals surface area (Å²) in [6, 6.07) is 10.1. The van der Waals surface area contributed by atoms with Crippen LogP contribution in [0.15, 0.2) is 36.5 Å². The average molecular weight is 518 g/mol. The van der Waals surface area contributed by atoms with Crippen molar-refractivity contribution in [1.82, 2.24) is 19.4 Å². The number of fused-ring (bicyclic) bond motifs is 1. The molecule has 1 saturated heterocycles. The van der Waals surface area contributed by atoms with Crippen LogP contribution >= 0.6 is 0 Å². The second-order valence-corrected chi connectivity index (χ2v) is 10.8. The summed E-state index contributed by atoms with van der Waals surface area (Å²) in [5, 5.41) is 0. The Balaban J connectivity index is 1.51. The molecule has 1 amide bonds. The first-order valence-corrected chi connectivity index (χ1v) is 13.5. The van der Waals surface area contributed by atoms with E-state index < -0.39 is 5.60 Å². The number of carbonyl (C=O) groups excluding carboxylic acids is 1. The minimum atomic E-state index is -0.494. The minimum Gasteiger partial charge on any atom is -0.444 e. The third kappa shape index (κ3) is 7.26. The fourth-order valence-corrected chi connectivity index (χ4v) is 4.46. The van der Waals surface area contributed by atoms with E-state index in [2.05, 4.69) is 23.7 Å². The molecule has 1 aliphatic heterocycles. The Labute approximate surface area is 225 Å². The lowest BCUT2D eigenvalue weighted by molar-refractivity contribution is 0.0199. The second-order valence-electron chi connectivity index (χ2n) is 10.8. The zero-order valence-corrected chi connectivity index (χ0v) is 23.0. The molecule has 0 unspecified atom stereocenters. The molecule has 38 heavy (non-hydrogen) atoms. The maximum absolute atomic E-state index is 12.4. The molecule has 2 aromatic heterocycles. The van der Waals surface area contributed by atoms with Crippen LogP contribution in [-0.4, -0.2) is 44.2 Å². The van der Waals surface area contributed by atoms with Crippen molar-refractivity contribution < 1.29 is 14.3 Å². The lowest BCUT2D eigenvalue weighted by Gasteiger charge is -2.31. The normalized spacial score (nSPS) is 14.4. The number of unbranched alkanes of at least 4 members (excludes halogenated alkanes) is 1. The van der Waals surface area contributed by atoms with Crippen LogP contribution in [0.2, 0.25) is 0 Å². The fourth-order valence-electron chi connectivity index (χ4n) is 4.46. The molecule has 1 aromatic carbocycles. The number of nitrogen functional groups attached to an aromatic ring is 1. The molecule has 0 saturated carbocycles. The van der Waals surface area contributed by atoms with Crippen LogP contribution in [0.25, 0.3) is 11.0 Å². The Morgan fingerprint density at radius 1 is 1.16 bits per heavy atom. The van der Waals surface area contributed by atoms with Gasteiger partial charge in [0.1, 0.15) is 29.2 Å². The maximum atomic E-state index is 12.4. The number of rotatable bonds is 7. The summed E-state index contributed by atoms with van der Waals surface area (Å²) in [6.45, 7) is 9.89. The predicted octanol–water partition coefficient (Wildman–Crippen LogP) is 5.53. The van der Waals surface area contributed by atoms with E-state index in [1.165, 1.54) is 0 Å². The number of amides is 1. The van der Waals surface area contributed by atoms with Gasteiger partial charge in [0.25, 0.3) is 0 Å². The first kappa shape index (κ1) is 27.5. The zero-order valence-electron chi connectivity index (χ0n) is 23.0. The molecule has 0 atom stereocenters. The molecule has 0 radical (unpaired) electrons. The van der Waals surface area contributed by atoms with Crippen LogP contribution < -0.4 is 5.73 Å². The summed E-state index contributed by atoms with van der Waals surface area (Å²) in [6.07, 6.45) is 6.17. The van der Waals surface area contributed by atoms with Gasteiger partial charge in [-0.05, 0) is 45.6 Å². The molecule has 4 rings (SSSR count). The van der Waals surface area contributed by atoms with Crippen molar-refractivity contribution in [2.45, 2.75) is 78.7 Å². The van der Waals surface area contributed by atoms with Crippen LogP contribution in [0.3, 0.4) is 0 Å². The fraction of sp³-hybridized carbons (Fsp3) is 0.500. The summed E-state index contributed by atoms with van der Waals surface area (Å²) in [4.78, 5) is 23.6. The smallest absolute Gasteiger partial charge is 0.410 e. The number of piperidine rings is 1. The van der Waals surface area contributed by atoms with E-state index in [-0.39, 0.29) is 12.0 Å². The van der Waals surface area contributed by atoms with E-state index in [1.54, 1.807) is 4.90 Å². The number of benzene rings is 1. The van der Waals surface area contributed by atoms with Crippen molar-refractivity contribution in [3.05, 3.63) is 53.5 Å². The highest BCUT2D eigenvalue weighted by Crippen LogP contribution is 2.25. The molecule has 8 nitrogen and oxygen atoms in total. The molecule has 8 heteroatoms. The Kier molecular flexibility index (Phi) is 8.90. The molecule has 2 N–H and O–H groups in total. The van der Waals surface area contributed by atoms with Gasteiger partial charge in [-0.1, -0.05) is 55.5 Å². The molecule has 0 spiro atoms. The topological polar surface area (TPSA) is 95.5 Å². The first-order valence-electron chi connectivity index (χ1n) is 13.5. The zero-order chi connectivity index (χ0) is 27.1. The molecular formula is C30H39N5O3. The molecular weight excluding hydrogens is 478 g/mol. The maximum Gasteiger partial charge on any atom is 0.410 e. The molecule has 0 aliphatic carbocycles. The van der Waals surface area contributed by atoms with Crippen molar-refractivity contribution in [1.29, 1.82) is 0 Å². The number of aromatic nitrogens is 3. The van der Waals surface area contributed by atoms with Gasteiger partial charge in [-0.25, -0.2) is 14.8 Å². The lowest BCUT2D eigenvalue weighted by atomic mass is 9.97. The van der Waals surface area contributed by atoms with E-state index in [0.29, 0.717) is 32.2 Å².